The van der Waals surface area contributed by atoms with Crippen molar-refractivity contribution in [3.63, 3.8) is 0 Å². The largest absolute Gasteiger partial charge is 0.497 e. The molecule has 1 aromatic heterocycles. The third-order valence-corrected chi connectivity index (χ3v) is 3.69. The van der Waals surface area contributed by atoms with Crippen LogP contribution >= 0.6 is 11.3 Å². The molecule has 0 radical (unpaired) electrons. The summed E-state index contributed by atoms with van der Waals surface area (Å²) in [6.07, 6.45) is 0. The van der Waals surface area contributed by atoms with Crippen LogP contribution in [0, 0.1) is 0 Å². The molecule has 5 N–H and O–H groups in total. The molecule has 3 amide bonds. The lowest BCUT2D eigenvalue weighted by Gasteiger charge is -2.01. The summed E-state index contributed by atoms with van der Waals surface area (Å²) in [6, 6.07) is 8.21. The van der Waals surface area contributed by atoms with Gasteiger partial charge in [-0.1, -0.05) is 12.1 Å². The van der Waals surface area contributed by atoms with Crippen LogP contribution in [0.4, 0.5) is 9.80 Å². The Morgan fingerprint density at radius 3 is 2.60 bits per heavy atom. The van der Waals surface area contributed by atoms with E-state index in [9.17, 15) is 9.59 Å². The molecule has 104 valence electrons. The molecule has 1 aromatic carbocycles. The first-order valence-electron chi connectivity index (χ1n) is 5.65. The average Bonchev–Trinajstić information content (AvgIpc) is 2.82. The molecular weight excluding hydrogens is 278 g/mol. The van der Waals surface area contributed by atoms with Crippen LogP contribution in [0.3, 0.4) is 0 Å². The summed E-state index contributed by atoms with van der Waals surface area (Å²) in [5, 5.41) is 2.73. The van der Waals surface area contributed by atoms with Gasteiger partial charge in [0, 0.05) is 4.88 Å². The van der Waals surface area contributed by atoms with Crippen LogP contribution in [0.5, 0.6) is 5.75 Å². The Hall–Kier alpha value is -2.54. The van der Waals surface area contributed by atoms with Crippen molar-refractivity contribution in [1.29, 1.82) is 0 Å². The molecule has 2 aromatic rings. The molecule has 20 heavy (non-hydrogen) atoms. The monoisotopic (exact) mass is 291 g/mol. The summed E-state index contributed by atoms with van der Waals surface area (Å²) < 4.78 is 5.15. The number of primary amides is 2. The number of hydrogen-bond donors (Lipinski definition) is 3. The number of carbonyl (C=O) groups is 2. The lowest BCUT2D eigenvalue weighted by atomic mass is 10.1. The molecule has 0 aliphatic rings. The van der Waals surface area contributed by atoms with Crippen molar-refractivity contribution in [3.05, 3.63) is 35.9 Å². The highest BCUT2D eigenvalue weighted by Crippen LogP contribution is 2.36. The second-order valence-electron chi connectivity index (χ2n) is 3.94. The molecule has 0 atom stereocenters. The fraction of sp³-hybridized carbons (Fsp3) is 0.0769. The van der Waals surface area contributed by atoms with E-state index >= 15 is 0 Å². The lowest BCUT2D eigenvalue weighted by molar-refractivity contribution is 0.100. The molecule has 0 saturated carbocycles. The van der Waals surface area contributed by atoms with Crippen molar-refractivity contribution in [2.24, 2.45) is 11.5 Å². The Balaban J connectivity index is 2.46. The second kappa shape index (κ2) is 5.62. The van der Waals surface area contributed by atoms with Gasteiger partial charge in [-0.25, -0.2) is 4.79 Å². The highest BCUT2D eigenvalue weighted by molar-refractivity contribution is 7.20. The van der Waals surface area contributed by atoms with Gasteiger partial charge in [0.05, 0.1) is 12.7 Å². The number of hydrogen-bond acceptors (Lipinski definition) is 4. The summed E-state index contributed by atoms with van der Waals surface area (Å²) in [7, 11) is 1.57. The van der Waals surface area contributed by atoms with E-state index in [4.69, 9.17) is 16.2 Å². The van der Waals surface area contributed by atoms with E-state index in [-0.39, 0.29) is 5.56 Å². The number of carbonyl (C=O) groups excluding carboxylic acids is 2. The van der Waals surface area contributed by atoms with Crippen molar-refractivity contribution < 1.29 is 14.3 Å². The first kappa shape index (κ1) is 13.9. The van der Waals surface area contributed by atoms with Gasteiger partial charge in [-0.3, -0.25) is 10.1 Å². The summed E-state index contributed by atoms with van der Waals surface area (Å²) in [5.74, 6) is 0.0695. The van der Waals surface area contributed by atoms with E-state index in [1.54, 1.807) is 13.2 Å². The maximum atomic E-state index is 11.4. The minimum Gasteiger partial charge on any atom is -0.497 e. The Morgan fingerprint density at radius 1 is 1.25 bits per heavy atom. The zero-order valence-electron chi connectivity index (χ0n) is 10.7. The van der Waals surface area contributed by atoms with Crippen molar-refractivity contribution in [2.45, 2.75) is 0 Å². The molecule has 0 aliphatic carbocycles. The topological polar surface area (TPSA) is 107 Å². The number of methoxy groups -OCH3 is 1. The Bertz CT molecular complexity index is 667. The lowest BCUT2D eigenvalue weighted by Crippen LogP contribution is -2.21. The van der Waals surface area contributed by atoms with Crippen LogP contribution in [0.15, 0.2) is 30.3 Å². The fourth-order valence-corrected chi connectivity index (χ4v) is 2.76. The molecule has 6 nitrogen and oxygen atoms in total. The second-order valence-corrected chi connectivity index (χ2v) is 4.99. The highest BCUT2D eigenvalue weighted by Gasteiger charge is 2.16. The third-order valence-electron chi connectivity index (χ3n) is 2.59. The first-order chi connectivity index (χ1) is 9.51. The molecular formula is C13H13N3O3S. The Morgan fingerprint density at radius 2 is 2.00 bits per heavy atom. The van der Waals surface area contributed by atoms with Gasteiger partial charge in [-0.15, -0.1) is 11.3 Å². The SMILES string of the molecule is COc1cccc(-c2cc(C(N)=O)c(NC(N)=O)s2)c1. The zero-order chi connectivity index (χ0) is 14.7. The van der Waals surface area contributed by atoms with Crippen LogP contribution in [0.2, 0.25) is 0 Å². The minimum atomic E-state index is -0.744. The van der Waals surface area contributed by atoms with E-state index in [0.29, 0.717) is 10.8 Å². The van der Waals surface area contributed by atoms with Crippen LogP contribution in [0.1, 0.15) is 10.4 Å². The predicted octanol–water partition coefficient (Wildman–Crippen LogP) is 2.01. The zero-order valence-corrected chi connectivity index (χ0v) is 11.5. The van der Waals surface area contributed by atoms with Gasteiger partial charge in [-0.05, 0) is 23.8 Å². The molecule has 0 bridgehead atoms. The predicted molar refractivity (Wildman–Crippen MR) is 78.0 cm³/mol. The maximum Gasteiger partial charge on any atom is 0.317 e. The minimum absolute atomic E-state index is 0.228. The third kappa shape index (κ3) is 2.89. The van der Waals surface area contributed by atoms with Crippen molar-refractivity contribution in [1.82, 2.24) is 0 Å². The Kier molecular flexibility index (Phi) is 3.90. The molecule has 0 saturated heterocycles. The van der Waals surface area contributed by atoms with E-state index < -0.39 is 11.9 Å². The smallest absolute Gasteiger partial charge is 0.317 e. The normalized spacial score (nSPS) is 10.1. The van der Waals surface area contributed by atoms with Gasteiger partial charge in [0.25, 0.3) is 5.91 Å². The van der Waals surface area contributed by atoms with Gasteiger partial charge < -0.3 is 16.2 Å². The van der Waals surface area contributed by atoms with Gasteiger partial charge in [0.1, 0.15) is 10.8 Å². The van der Waals surface area contributed by atoms with Gasteiger partial charge in [-0.2, -0.15) is 0 Å². The molecule has 0 fully saturated rings. The average molecular weight is 291 g/mol. The van der Waals surface area contributed by atoms with Gasteiger partial charge in [0.2, 0.25) is 0 Å². The van der Waals surface area contributed by atoms with Crippen molar-refractivity contribution >= 4 is 28.3 Å². The van der Waals surface area contributed by atoms with Crippen LogP contribution in [-0.2, 0) is 0 Å². The van der Waals surface area contributed by atoms with Crippen LogP contribution in [0.25, 0.3) is 10.4 Å². The Labute approximate surface area is 119 Å². The fourth-order valence-electron chi connectivity index (χ4n) is 1.70. The van der Waals surface area contributed by atoms with E-state index in [1.807, 2.05) is 24.3 Å². The summed E-state index contributed by atoms with van der Waals surface area (Å²) >= 11 is 1.22. The number of nitrogens with two attached hydrogens (primary N) is 2. The van der Waals surface area contributed by atoms with Gasteiger partial charge >= 0.3 is 6.03 Å². The van der Waals surface area contributed by atoms with Gasteiger partial charge in [0.15, 0.2) is 0 Å². The molecule has 7 heteroatoms. The van der Waals surface area contributed by atoms with E-state index in [1.165, 1.54) is 11.3 Å². The number of rotatable bonds is 4. The summed E-state index contributed by atoms with van der Waals surface area (Å²) in [4.78, 5) is 23.1. The number of urea groups is 1. The summed E-state index contributed by atoms with van der Waals surface area (Å²) in [5.41, 5.74) is 11.4. The number of thiophene rings is 1. The quantitative estimate of drug-likeness (QED) is 0.801. The first-order valence-corrected chi connectivity index (χ1v) is 6.47. The number of amides is 3. The number of nitrogens with one attached hydrogen (secondary N) is 1. The molecule has 2 rings (SSSR count). The molecule has 0 aliphatic heterocycles. The highest BCUT2D eigenvalue weighted by atomic mass is 32.1. The van der Waals surface area contributed by atoms with Crippen molar-refractivity contribution in [3.8, 4) is 16.2 Å². The standard InChI is InChI=1S/C13H13N3O3S/c1-19-8-4-2-3-7(5-8)10-6-9(11(14)17)12(20-10)16-13(15)18/h2-6H,1H3,(H2,14,17)(H3,15,16,18). The van der Waals surface area contributed by atoms with Crippen LogP contribution in [-0.4, -0.2) is 19.0 Å². The number of benzene rings is 1. The molecule has 0 unspecified atom stereocenters. The van der Waals surface area contributed by atoms with Crippen molar-refractivity contribution in [2.75, 3.05) is 12.4 Å². The van der Waals surface area contributed by atoms with E-state index in [0.717, 1.165) is 10.4 Å². The maximum absolute atomic E-state index is 11.4. The summed E-state index contributed by atoms with van der Waals surface area (Å²) in [6.45, 7) is 0. The molecule has 0 spiro atoms. The molecule has 1 heterocycles. The number of anilines is 1. The number of ether oxygens (including phenoxy) is 1. The van der Waals surface area contributed by atoms with Crippen LogP contribution < -0.4 is 21.5 Å². The van der Waals surface area contributed by atoms with E-state index in [2.05, 4.69) is 5.32 Å².